The SMILES string of the molecule is CN(C)CCOc1cc(F)cc(-c2nccc3[nH]c(-c4n[nH]c5ccc(-c6ccncc6)cc45)nc23)c1. The van der Waals surface area contributed by atoms with E-state index in [2.05, 4.69) is 31.2 Å². The van der Waals surface area contributed by atoms with E-state index in [0.29, 0.717) is 40.6 Å². The summed E-state index contributed by atoms with van der Waals surface area (Å²) < 4.78 is 20.3. The van der Waals surface area contributed by atoms with Crippen molar-refractivity contribution in [2.24, 2.45) is 0 Å². The van der Waals surface area contributed by atoms with E-state index in [4.69, 9.17) is 9.72 Å². The van der Waals surface area contributed by atoms with E-state index in [0.717, 1.165) is 34.1 Å². The van der Waals surface area contributed by atoms with E-state index < -0.39 is 5.82 Å². The van der Waals surface area contributed by atoms with Gasteiger partial charge in [0.05, 0.1) is 16.7 Å². The summed E-state index contributed by atoms with van der Waals surface area (Å²) in [5.41, 5.74) is 6.28. The van der Waals surface area contributed by atoms with Crippen LogP contribution in [0.2, 0.25) is 0 Å². The van der Waals surface area contributed by atoms with Crippen molar-refractivity contribution in [3.05, 3.63) is 79.0 Å². The molecule has 0 atom stereocenters. The van der Waals surface area contributed by atoms with Gasteiger partial charge in [0, 0.05) is 42.2 Å². The second-order valence-corrected chi connectivity index (χ2v) is 9.04. The second-order valence-electron chi connectivity index (χ2n) is 9.04. The van der Waals surface area contributed by atoms with Crippen LogP contribution in [0, 0.1) is 5.82 Å². The third kappa shape index (κ3) is 4.52. The van der Waals surface area contributed by atoms with Gasteiger partial charge in [0.15, 0.2) is 5.82 Å². The first-order chi connectivity index (χ1) is 18.0. The zero-order chi connectivity index (χ0) is 25.4. The van der Waals surface area contributed by atoms with Gasteiger partial charge >= 0.3 is 0 Å². The fourth-order valence-corrected chi connectivity index (χ4v) is 4.31. The first kappa shape index (κ1) is 22.8. The summed E-state index contributed by atoms with van der Waals surface area (Å²) in [6.45, 7) is 1.18. The lowest BCUT2D eigenvalue weighted by molar-refractivity contribution is 0.260. The Labute approximate surface area is 212 Å². The van der Waals surface area contributed by atoms with Crippen LogP contribution in [0.1, 0.15) is 0 Å². The molecule has 6 rings (SSSR count). The highest BCUT2D eigenvalue weighted by atomic mass is 19.1. The summed E-state index contributed by atoms with van der Waals surface area (Å²) in [6, 6.07) is 16.5. The highest BCUT2D eigenvalue weighted by molar-refractivity contribution is 5.97. The molecular formula is C28H24FN7O. The number of aromatic amines is 2. The van der Waals surface area contributed by atoms with E-state index in [-0.39, 0.29) is 0 Å². The molecule has 0 unspecified atom stereocenters. The van der Waals surface area contributed by atoms with Gasteiger partial charge in [-0.05, 0) is 67.7 Å². The number of aromatic nitrogens is 6. The summed E-state index contributed by atoms with van der Waals surface area (Å²) in [6.07, 6.45) is 5.23. The van der Waals surface area contributed by atoms with Crippen LogP contribution >= 0.6 is 0 Å². The molecule has 0 radical (unpaired) electrons. The van der Waals surface area contributed by atoms with Crippen molar-refractivity contribution in [2.45, 2.75) is 0 Å². The number of hydrogen-bond donors (Lipinski definition) is 2. The number of benzene rings is 2. The van der Waals surface area contributed by atoms with Crippen LogP contribution in [0.5, 0.6) is 5.75 Å². The highest BCUT2D eigenvalue weighted by Gasteiger charge is 2.17. The summed E-state index contributed by atoms with van der Waals surface area (Å²) in [5, 5.41) is 8.56. The Morgan fingerprint density at radius 3 is 2.57 bits per heavy atom. The zero-order valence-corrected chi connectivity index (χ0v) is 20.4. The first-order valence-electron chi connectivity index (χ1n) is 11.9. The van der Waals surface area contributed by atoms with Crippen molar-refractivity contribution in [3.8, 4) is 39.7 Å². The molecule has 2 N–H and O–H groups in total. The lowest BCUT2D eigenvalue weighted by Gasteiger charge is -2.12. The van der Waals surface area contributed by atoms with E-state index in [1.54, 1.807) is 24.7 Å². The molecule has 0 aliphatic carbocycles. The van der Waals surface area contributed by atoms with Crippen LogP contribution in [0.15, 0.2) is 73.2 Å². The van der Waals surface area contributed by atoms with Crippen LogP contribution in [-0.2, 0) is 0 Å². The van der Waals surface area contributed by atoms with Crippen molar-refractivity contribution in [2.75, 3.05) is 27.2 Å². The van der Waals surface area contributed by atoms with Crippen molar-refractivity contribution in [1.29, 1.82) is 0 Å². The fraction of sp³-hybridized carbons (Fsp3) is 0.143. The molecule has 2 aromatic carbocycles. The molecule has 37 heavy (non-hydrogen) atoms. The fourth-order valence-electron chi connectivity index (χ4n) is 4.31. The second kappa shape index (κ2) is 9.44. The van der Waals surface area contributed by atoms with Crippen LogP contribution in [0.25, 0.3) is 55.8 Å². The maximum Gasteiger partial charge on any atom is 0.159 e. The zero-order valence-electron chi connectivity index (χ0n) is 20.4. The molecule has 8 nitrogen and oxygen atoms in total. The number of nitrogens with one attached hydrogen (secondary N) is 2. The molecule has 0 saturated heterocycles. The lowest BCUT2D eigenvalue weighted by atomic mass is 10.0. The summed E-state index contributed by atoms with van der Waals surface area (Å²) in [5.74, 6) is 0.656. The predicted molar refractivity (Wildman–Crippen MR) is 142 cm³/mol. The third-order valence-electron chi connectivity index (χ3n) is 6.15. The van der Waals surface area contributed by atoms with Gasteiger partial charge in [0.2, 0.25) is 0 Å². The first-order valence-corrected chi connectivity index (χ1v) is 11.9. The van der Waals surface area contributed by atoms with Gasteiger partial charge in [-0.25, -0.2) is 9.37 Å². The van der Waals surface area contributed by atoms with Crippen LogP contribution in [-0.4, -0.2) is 62.3 Å². The van der Waals surface area contributed by atoms with Crippen LogP contribution in [0.4, 0.5) is 4.39 Å². The minimum Gasteiger partial charge on any atom is -0.492 e. The average Bonchev–Trinajstić information content (AvgIpc) is 3.52. The Bertz CT molecular complexity index is 1710. The molecule has 0 saturated carbocycles. The molecule has 0 amide bonds. The maximum atomic E-state index is 14.5. The molecule has 4 aromatic heterocycles. The van der Waals surface area contributed by atoms with Gasteiger partial charge in [-0.1, -0.05) is 6.07 Å². The van der Waals surface area contributed by atoms with Gasteiger partial charge < -0.3 is 14.6 Å². The Balaban J connectivity index is 1.41. The number of pyridine rings is 2. The number of fused-ring (bicyclic) bond motifs is 2. The van der Waals surface area contributed by atoms with Crippen molar-refractivity contribution in [3.63, 3.8) is 0 Å². The minimum atomic E-state index is -0.395. The smallest absolute Gasteiger partial charge is 0.159 e. The number of imidazole rings is 1. The number of hydrogen-bond acceptors (Lipinski definition) is 6. The molecule has 9 heteroatoms. The highest BCUT2D eigenvalue weighted by Crippen LogP contribution is 2.33. The number of H-pyrrole nitrogens is 2. The number of likely N-dealkylation sites (N-methyl/N-ethyl adjacent to an activating group) is 1. The van der Waals surface area contributed by atoms with Gasteiger partial charge in [-0.2, -0.15) is 5.10 Å². The average molecular weight is 494 g/mol. The van der Waals surface area contributed by atoms with E-state index in [9.17, 15) is 4.39 Å². The Morgan fingerprint density at radius 1 is 0.865 bits per heavy atom. The normalized spacial score (nSPS) is 11.6. The monoisotopic (exact) mass is 493 g/mol. The molecular weight excluding hydrogens is 469 g/mol. The Hall–Kier alpha value is -4.63. The summed E-state index contributed by atoms with van der Waals surface area (Å²) >= 11 is 0. The predicted octanol–water partition coefficient (Wildman–Crippen LogP) is 5.31. The van der Waals surface area contributed by atoms with E-state index >= 15 is 0 Å². The number of ether oxygens (including phenoxy) is 1. The number of rotatable bonds is 7. The van der Waals surface area contributed by atoms with Gasteiger partial charge in [-0.15, -0.1) is 0 Å². The van der Waals surface area contributed by atoms with Crippen LogP contribution in [0.3, 0.4) is 0 Å². The molecule has 184 valence electrons. The molecule has 0 aliphatic rings. The molecule has 0 aliphatic heterocycles. The summed E-state index contributed by atoms with van der Waals surface area (Å²) in [7, 11) is 3.92. The summed E-state index contributed by atoms with van der Waals surface area (Å²) in [4.78, 5) is 18.9. The standard InChI is InChI=1S/C28H24FN7O/c1-36(2)11-12-37-21-14-19(13-20(29)16-21)25-27-24(7-10-31-25)32-28(33-27)26-22-15-18(3-4-23(22)34-35-26)17-5-8-30-9-6-17/h3-10,13-16H,11-12H2,1-2H3,(H,32,33)(H,34,35). The van der Waals surface area contributed by atoms with Crippen molar-refractivity contribution >= 4 is 21.9 Å². The Kier molecular flexibility index (Phi) is 5.82. The van der Waals surface area contributed by atoms with E-state index in [1.165, 1.54) is 12.1 Å². The van der Waals surface area contributed by atoms with Gasteiger partial charge in [-0.3, -0.25) is 15.1 Å². The largest absolute Gasteiger partial charge is 0.492 e. The lowest BCUT2D eigenvalue weighted by Crippen LogP contribution is -2.19. The minimum absolute atomic E-state index is 0.395. The molecule has 6 aromatic rings. The quantitative estimate of drug-likeness (QED) is 0.313. The van der Waals surface area contributed by atoms with E-state index in [1.807, 2.05) is 49.3 Å². The van der Waals surface area contributed by atoms with Gasteiger partial charge in [0.25, 0.3) is 0 Å². The maximum absolute atomic E-state index is 14.5. The van der Waals surface area contributed by atoms with Crippen molar-refractivity contribution in [1.82, 2.24) is 35.0 Å². The molecule has 4 heterocycles. The number of halogens is 1. The third-order valence-corrected chi connectivity index (χ3v) is 6.15. The van der Waals surface area contributed by atoms with Gasteiger partial charge in [0.1, 0.15) is 29.4 Å². The topological polar surface area (TPSA) is 95.6 Å². The number of nitrogens with zero attached hydrogens (tertiary/aromatic N) is 5. The molecule has 0 spiro atoms. The molecule has 0 fully saturated rings. The van der Waals surface area contributed by atoms with Crippen molar-refractivity contribution < 1.29 is 9.13 Å². The van der Waals surface area contributed by atoms with Crippen LogP contribution < -0.4 is 4.74 Å². The molecule has 0 bridgehead atoms. The Morgan fingerprint density at radius 2 is 1.73 bits per heavy atom.